The minimum Gasteiger partial charge on any atom is -0.368 e. The van der Waals surface area contributed by atoms with Crippen LogP contribution < -0.4 is 11.1 Å². The maximum Gasteiger partial charge on any atom is 0.232 e. The van der Waals surface area contributed by atoms with Crippen LogP contribution in [-0.2, 0) is 12.2 Å². The molecule has 2 heterocycles. The highest BCUT2D eigenvalue weighted by atomic mass is 32.2. The molecule has 0 saturated carbocycles. The van der Waals surface area contributed by atoms with Gasteiger partial charge in [0.05, 0.1) is 5.75 Å². The predicted molar refractivity (Wildman–Crippen MR) is 115 cm³/mol. The smallest absolute Gasteiger partial charge is 0.232 e. The number of hydrogen-bond acceptors (Lipinski definition) is 8. The molecule has 4 N–H and O–H groups in total. The minimum absolute atomic E-state index is 0.167. The number of benzene rings is 2. The Kier molecular flexibility index (Phi) is 5.66. The summed E-state index contributed by atoms with van der Waals surface area (Å²) in [5, 5.41) is 11.0. The number of aromatic amines is 1. The van der Waals surface area contributed by atoms with Crippen molar-refractivity contribution >= 4 is 29.3 Å². The molecule has 0 aliphatic heterocycles. The third kappa shape index (κ3) is 4.88. The predicted octanol–water partition coefficient (Wildman–Crippen LogP) is 3.84. The number of nitrogens with two attached hydrogens (primary N) is 1. The lowest BCUT2D eigenvalue weighted by molar-refractivity contribution is 0.955. The zero-order valence-electron chi connectivity index (χ0n) is 15.8. The first-order valence-electron chi connectivity index (χ1n) is 9.16. The van der Waals surface area contributed by atoms with Crippen LogP contribution in [0.15, 0.2) is 59.8 Å². The topological polar surface area (TPSA) is 118 Å². The Balaban J connectivity index is 1.43. The molecule has 0 spiro atoms. The van der Waals surface area contributed by atoms with Gasteiger partial charge in [0.25, 0.3) is 0 Å². The van der Waals surface area contributed by atoms with Crippen molar-refractivity contribution in [1.82, 2.24) is 30.1 Å². The van der Waals surface area contributed by atoms with Crippen molar-refractivity contribution in [2.45, 2.75) is 24.3 Å². The molecule has 2 aromatic carbocycles. The number of thioether (sulfide) groups is 1. The summed E-state index contributed by atoms with van der Waals surface area (Å²) in [6.45, 7) is 2.13. The largest absolute Gasteiger partial charge is 0.368 e. The number of nitrogens with zero attached hydrogens (tertiary/aromatic N) is 5. The second kappa shape index (κ2) is 8.70. The van der Waals surface area contributed by atoms with E-state index in [4.69, 9.17) is 5.73 Å². The first-order valence-corrected chi connectivity index (χ1v) is 10.1. The third-order valence-electron chi connectivity index (χ3n) is 4.16. The molecule has 29 heavy (non-hydrogen) atoms. The summed E-state index contributed by atoms with van der Waals surface area (Å²) in [4.78, 5) is 17.3. The van der Waals surface area contributed by atoms with E-state index in [1.165, 1.54) is 17.3 Å². The SMILES string of the molecule is CCc1ccc(-c2nc(SCc3nc(N)nc(Nc4ccccc4)n3)n[nH]2)cc1. The summed E-state index contributed by atoms with van der Waals surface area (Å²) in [6.07, 6.45) is 1.01. The number of H-pyrrole nitrogens is 1. The van der Waals surface area contributed by atoms with Crippen molar-refractivity contribution in [3.63, 3.8) is 0 Å². The average Bonchev–Trinajstić information content (AvgIpc) is 3.22. The van der Waals surface area contributed by atoms with Crippen LogP contribution in [-0.4, -0.2) is 30.1 Å². The fourth-order valence-electron chi connectivity index (χ4n) is 2.68. The van der Waals surface area contributed by atoms with E-state index in [2.05, 4.69) is 54.5 Å². The molecule has 0 amide bonds. The van der Waals surface area contributed by atoms with Crippen molar-refractivity contribution in [3.05, 3.63) is 66.0 Å². The summed E-state index contributed by atoms with van der Waals surface area (Å²) in [6, 6.07) is 17.9. The third-order valence-corrected chi connectivity index (χ3v) is 5.00. The fourth-order valence-corrected chi connectivity index (χ4v) is 3.33. The maximum atomic E-state index is 5.84. The van der Waals surface area contributed by atoms with E-state index in [0.29, 0.717) is 22.7 Å². The Hall–Kier alpha value is -3.46. The van der Waals surface area contributed by atoms with Crippen LogP contribution in [0.4, 0.5) is 17.6 Å². The lowest BCUT2D eigenvalue weighted by Gasteiger charge is -2.06. The first kappa shape index (κ1) is 18.9. The van der Waals surface area contributed by atoms with Gasteiger partial charge in [0.2, 0.25) is 17.1 Å². The van der Waals surface area contributed by atoms with Crippen LogP contribution in [0.2, 0.25) is 0 Å². The van der Waals surface area contributed by atoms with Gasteiger partial charge in [-0.05, 0) is 24.1 Å². The molecule has 0 bridgehead atoms. The van der Waals surface area contributed by atoms with E-state index in [1.807, 2.05) is 42.5 Å². The van der Waals surface area contributed by atoms with Gasteiger partial charge in [0.1, 0.15) is 5.82 Å². The molecule has 0 fully saturated rings. The number of anilines is 3. The summed E-state index contributed by atoms with van der Waals surface area (Å²) < 4.78 is 0. The number of para-hydroxylation sites is 1. The number of aromatic nitrogens is 6. The number of nitrogens with one attached hydrogen (secondary N) is 2. The van der Waals surface area contributed by atoms with Crippen molar-refractivity contribution in [2.75, 3.05) is 11.1 Å². The minimum atomic E-state index is 0.167. The average molecular weight is 405 g/mol. The highest BCUT2D eigenvalue weighted by Gasteiger charge is 2.10. The van der Waals surface area contributed by atoms with Crippen molar-refractivity contribution in [1.29, 1.82) is 0 Å². The van der Waals surface area contributed by atoms with Gasteiger partial charge in [0.15, 0.2) is 5.82 Å². The van der Waals surface area contributed by atoms with Crippen LogP contribution >= 0.6 is 11.8 Å². The monoisotopic (exact) mass is 404 g/mol. The van der Waals surface area contributed by atoms with Gasteiger partial charge in [-0.25, -0.2) is 4.98 Å². The van der Waals surface area contributed by atoms with Gasteiger partial charge in [-0.15, -0.1) is 5.10 Å². The lowest BCUT2D eigenvalue weighted by atomic mass is 10.1. The molecule has 0 aliphatic rings. The normalized spacial score (nSPS) is 10.8. The standard InChI is InChI=1S/C20H20N8S/c1-2-13-8-10-14(11-9-13)17-25-20(28-27-17)29-12-16-23-18(21)26-19(24-16)22-15-6-4-3-5-7-15/h3-11H,2,12H2,1H3,(H,25,27,28)(H3,21,22,23,24,26). The summed E-state index contributed by atoms with van der Waals surface area (Å²) in [5.74, 6) is 2.34. The molecule has 4 aromatic rings. The Morgan fingerprint density at radius 1 is 0.966 bits per heavy atom. The van der Waals surface area contributed by atoms with Crippen LogP contribution in [0.3, 0.4) is 0 Å². The Labute approximate surface area is 172 Å². The molecule has 8 nitrogen and oxygen atoms in total. The van der Waals surface area contributed by atoms with Gasteiger partial charge in [0, 0.05) is 11.3 Å². The second-order valence-electron chi connectivity index (χ2n) is 6.23. The maximum absolute atomic E-state index is 5.84. The van der Waals surface area contributed by atoms with E-state index in [9.17, 15) is 0 Å². The summed E-state index contributed by atoms with van der Waals surface area (Å²) >= 11 is 1.43. The quantitative estimate of drug-likeness (QED) is 0.398. The Morgan fingerprint density at radius 3 is 2.52 bits per heavy atom. The van der Waals surface area contributed by atoms with E-state index in [0.717, 1.165) is 23.5 Å². The number of rotatable bonds is 7. The molecule has 0 unspecified atom stereocenters. The van der Waals surface area contributed by atoms with Crippen LogP contribution in [0.1, 0.15) is 18.3 Å². The molecule has 9 heteroatoms. The fraction of sp³-hybridized carbons (Fsp3) is 0.150. The van der Waals surface area contributed by atoms with E-state index >= 15 is 0 Å². The second-order valence-corrected chi connectivity index (χ2v) is 7.17. The van der Waals surface area contributed by atoms with Gasteiger partial charge < -0.3 is 11.1 Å². The zero-order valence-corrected chi connectivity index (χ0v) is 16.6. The molecule has 0 atom stereocenters. The molecule has 0 aliphatic carbocycles. The highest BCUT2D eigenvalue weighted by molar-refractivity contribution is 7.98. The first-order chi connectivity index (χ1) is 14.2. The molecule has 146 valence electrons. The molecule has 4 rings (SSSR count). The van der Waals surface area contributed by atoms with Crippen molar-refractivity contribution in [3.8, 4) is 11.4 Å². The van der Waals surface area contributed by atoms with Crippen molar-refractivity contribution < 1.29 is 0 Å². The molecular weight excluding hydrogens is 384 g/mol. The number of nitrogen functional groups attached to an aromatic ring is 1. The highest BCUT2D eigenvalue weighted by Crippen LogP contribution is 2.22. The van der Waals surface area contributed by atoms with Gasteiger partial charge in [-0.3, -0.25) is 5.10 Å². The van der Waals surface area contributed by atoms with E-state index in [1.54, 1.807) is 0 Å². The molecule has 0 saturated heterocycles. The van der Waals surface area contributed by atoms with Gasteiger partial charge >= 0.3 is 0 Å². The Morgan fingerprint density at radius 2 is 1.76 bits per heavy atom. The molecule has 2 aromatic heterocycles. The summed E-state index contributed by atoms with van der Waals surface area (Å²) in [5.41, 5.74) is 9.00. The van der Waals surface area contributed by atoms with Crippen LogP contribution in [0.25, 0.3) is 11.4 Å². The molecule has 0 radical (unpaired) electrons. The van der Waals surface area contributed by atoms with Crippen molar-refractivity contribution in [2.24, 2.45) is 0 Å². The lowest BCUT2D eigenvalue weighted by Crippen LogP contribution is -2.06. The Bertz CT molecular complexity index is 1080. The number of aryl methyl sites for hydroxylation is 1. The summed E-state index contributed by atoms with van der Waals surface area (Å²) in [7, 11) is 0. The van der Waals surface area contributed by atoms with Gasteiger partial charge in [-0.1, -0.05) is 61.2 Å². The van der Waals surface area contributed by atoms with Crippen LogP contribution in [0, 0.1) is 0 Å². The molecular formula is C20H20N8S. The van der Waals surface area contributed by atoms with E-state index in [-0.39, 0.29) is 5.95 Å². The number of hydrogen-bond donors (Lipinski definition) is 3. The van der Waals surface area contributed by atoms with E-state index < -0.39 is 0 Å². The zero-order chi connectivity index (χ0) is 20.1. The van der Waals surface area contributed by atoms with Crippen LogP contribution in [0.5, 0.6) is 0 Å². The van der Waals surface area contributed by atoms with Gasteiger partial charge in [-0.2, -0.15) is 15.0 Å².